The number of benzene rings is 1. The van der Waals surface area contributed by atoms with Gasteiger partial charge in [-0.3, -0.25) is 0 Å². The van der Waals surface area contributed by atoms with Gasteiger partial charge >= 0.3 is 6.03 Å². The molecule has 1 saturated carbocycles. The first-order chi connectivity index (χ1) is 11.9. The molecular weight excluding hydrogens is 404 g/mol. The van der Waals surface area contributed by atoms with Crippen LogP contribution in [0, 0.1) is 0 Å². The molecule has 5 nitrogen and oxygen atoms in total. The average molecular weight is 429 g/mol. The summed E-state index contributed by atoms with van der Waals surface area (Å²) in [6.07, 6.45) is 6.64. The van der Waals surface area contributed by atoms with E-state index in [0.717, 1.165) is 36.6 Å². The molecule has 2 N–H and O–H groups in total. The first kappa shape index (κ1) is 18.7. The molecular formula is C18H25BrN2O3S. The Hall–Kier alpha value is -1.08. The number of nitrogens with one attached hydrogen (secondary N) is 2. The molecule has 25 heavy (non-hydrogen) atoms. The van der Waals surface area contributed by atoms with Crippen LogP contribution in [0.5, 0.6) is 0 Å². The molecule has 3 rings (SSSR count). The summed E-state index contributed by atoms with van der Waals surface area (Å²) in [6, 6.07) is 7.72. The number of sulfone groups is 1. The van der Waals surface area contributed by atoms with Gasteiger partial charge in [0.05, 0.1) is 11.5 Å². The summed E-state index contributed by atoms with van der Waals surface area (Å²) in [7, 11) is -2.99. The smallest absolute Gasteiger partial charge is 0.315 e. The van der Waals surface area contributed by atoms with Gasteiger partial charge in [0, 0.05) is 16.1 Å². The van der Waals surface area contributed by atoms with Crippen LogP contribution >= 0.6 is 15.9 Å². The zero-order chi connectivity index (χ0) is 17.9. The van der Waals surface area contributed by atoms with Crippen molar-refractivity contribution in [2.75, 3.05) is 11.5 Å². The third kappa shape index (κ3) is 5.20. The van der Waals surface area contributed by atoms with E-state index < -0.39 is 9.84 Å². The number of hydrogen-bond acceptors (Lipinski definition) is 3. The van der Waals surface area contributed by atoms with Crippen LogP contribution in [0.15, 0.2) is 28.7 Å². The number of urea groups is 1. The Bertz CT molecular complexity index is 712. The van der Waals surface area contributed by atoms with Gasteiger partial charge in [-0.2, -0.15) is 0 Å². The summed E-state index contributed by atoms with van der Waals surface area (Å²) in [5.41, 5.74) is 0.960. The van der Waals surface area contributed by atoms with E-state index in [4.69, 9.17) is 0 Å². The quantitative estimate of drug-likeness (QED) is 0.772. The predicted molar refractivity (Wildman–Crippen MR) is 102 cm³/mol. The maximum absolute atomic E-state index is 12.5. The second-order valence-corrected chi connectivity index (χ2v) is 10.5. The molecule has 1 unspecified atom stereocenters. The van der Waals surface area contributed by atoms with Crippen LogP contribution in [0.1, 0.15) is 44.1 Å². The molecule has 0 radical (unpaired) electrons. The van der Waals surface area contributed by atoms with Gasteiger partial charge in [0.15, 0.2) is 9.84 Å². The van der Waals surface area contributed by atoms with Gasteiger partial charge < -0.3 is 10.6 Å². The molecule has 138 valence electrons. The maximum Gasteiger partial charge on any atom is 0.315 e. The van der Waals surface area contributed by atoms with Crippen LogP contribution in [-0.4, -0.2) is 37.5 Å². The van der Waals surface area contributed by atoms with E-state index in [0.29, 0.717) is 6.42 Å². The van der Waals surface area contributed by atoms with E-state index in [2.05, 4.69) is 38.7 Å². The van der Waals surface area contributed by atoms with Crippen LogP contribution in [0.4, 0.5) is 4.79 Å². The molecule has 1 atom stereocenters. The molecule has 1 saturated heterocycles. The fourth-order valence-corrected chi connectivity index (χ4v) is 5.88. The minimum atomic E-state index is -2.99. The molecule has 1 aromatic carbocycles. The van der Waals surface area contributed by atoms with Gasteiger partial charge in [-0.1, -0.05) is 47.3 Å². The highest BCUT2D eigenvalue weighted by atomic mass is 79.9. The molecule has 0 aromatic heterocycles. The normalized spacial score (nSPS) is 24.6. The summed E-state index contributed by atoms with van der Waals surface area (Å²) < 4.78 is 24.2. The van der Waals surface area contributed by atoms with Crippen LogP contribution in [0.3, 0.4) is 0 Å². The first-order valence-corrected chi connectivity index (χ1v) is 11.5. The van der Waals surface area contributed by atoms with Crippen LogP contribution in [0.2, 0.25) is 0 Å². The van der Waals surface area contributed by atoms with E-state index in [9.17, 15) is 13.2 Å². The van der Waals surface area contributed by atoms with Gasteiger partial charge in [-0.25, -0.2) is 13.2 Å². The van der Waals surface area contributed by atoms with Crippen LogP contribution < -0.4 is 10.6 Å². The Balaban J connectivity index is 1.65. The lowest BCUT2D eigenvalue weighted by Gasteiger charge is -2.38. The summed E-state index contributed by atoms with van der Waals surface area (Å²) in [5, 5.41) is 6.06. The highest BCUT2D eigenvalue weighted by Gasteiger charge is 2.35. The zero-order valence-corrected chi connectivity index (χ0v) is 16.7. The minimum Gasteiger partial charge on any atom is -0.334 e. The average Bonchev–Trinajstić information content (AvgIpc) is 2.89. The Morgan fingerprint density at radius 3 is 2.44 bits per heavy atom. The second kappa shape index (κ2) is 7.66. The highest BCUT2D eigenvalue weighted by Crippen LogP contribution is 2.32. The molecule has 0 spiro atoms. The van der Waals surface area contributed by atoms with Gasteiger partial charge in [0.2, 0.25) is 0 Å². The molecule has 2 aliphatic rings. The summed E-state index contributed by atoms with van der Waals surface area (Å²) >= 11 is 3.45. The van der Waals surface area contributed by atoms with E-state index in [1.807, 2.05) is 12.1 Å². The number of halogens is 1. The number of hydrogen-bond donors (Lipinski definition) is 2. The standard InChI is InChI=1S/C18H25BrN2O3S/c19-15-6-4-14(5-7-15)12-18(9-2-1-3-10-18)21-17(22)20-16-8-11-25(23,24)13-16/h4-7,16H,1-3,8-13H2,(H2,20,21,22). The van der Waals surface area contributed by atoms with E-state index in [1.165, 1.54) is 12.0 Å². The Kier molecular flexibility index (Phi) is 5.73. The van der Waals surface area contributed by atoms with Crippen molar-refractivity contribution in [1.82, 2.24) is 10.6 Å². The highest BCUT2D eigenvalue weighted by molar-refractivity contribution is 9.10. The van der Waals surface area contributed by atoms with Crippen molar-refractivity contribution >= 4 is 31.8 Å². The summed E-state index contributed by atoms with van der Waals surface area (Å²) in [5.74, 6) is 0.224. The lowest BCUT2D eigenvalue weighted by Crippen LogP contribution is -2.56. The molecule has 2 fully saturated rings. The van der Waals surface area contributed by atoms with Gasteiger partial charge in [-0.05, 0) is 43.4 Å². The Morgan fingerprint density at radius 1 is 1.16 bits per heavy atom. The first-order valence-electron chi connectivity index (χ1n) is 8.89. The molecule has 1 aromatic rings. The second-order valence-electron chi connectivity index (χ2n) is 7.34. The van der Waals surface area contributed by atoms with Crippen molar-refractivity contribution in [3.63, 3.8) is 0 Å². The maximum atomic E-state index is 12.5. The van der Waals surface area contributed by atoms with Gasteiger partial charge in [0.1, 0.15) is 0 Å². The zero-order valence-electron chi connectivity index (χ0n) is 14.3. The molecule has 0 bridgehead atoms. The van der Waals surface area contributed by atoms with Crippen molar-refractivity contribution in [2.45, 2.75) is 56.5 Å². The third-order valence-corrected chi connectivity index (χ3v) is 7.51. The van der Waals surface area contributed by atoms with Crippen molar-refractivity contribution < 1.29 is 13.2 Å². The number of rotatable bonds is 4. The van der Waals surface area contributed by atoms with Gasteiger partial charge in [0.25, 0.3) is 0 Å². The summed E-state index contributed by atoms with van der Waals surface area (Å²) in [6.45, 7) is 0. The van der Waals surface area contributed by atoms with Crippen molar-refractivity contribution in [2.24, 2.45) is 0 Å². The van der Waals surface area contributed by atoms with Crippen LogP contribution in [-0.2, 0) is 16.3 Å². The van der Waals surface area contributed by atoms with E-state index in [1.54, 1.807) is 0 Å². The lowest BCUT2D eigenvalue weighted by molar-refractivity contribution is 0.199. The molecule has 1 aliphatic heterocycles. The SMILES string of the molecule is O=C(NC1CCS(=O)(=O)C1)NC1(Cc2ccc(Br)cc2)CCCCC1. The Labute approximate surface area is 158 Å². The fourth-order valence-electron chi connectivity index (χ4n) is 3.94. The van der Waals surface area contributed by atoms with Crippen molar-refractivity contribution in [3.8, 4) is 0 Å². The Morgan fingerprint density at radius 2 is 1.84 bits per heavy atom. The van der Waals surface area contributed by atoms with E-state index >= 15 is 0 Å². The predicted octanol–water partition coefficient (Wildman–Crippen LogP) is 3.18. The van der Waals surface area contributed by atoms with Gasteiger partial charge in [-0.15, -0.1) is 0 Å². The van der Waals surface area contributed by atoms with Crippen LogP contribution in [0.25, 0.3) is 0 Å². The molecule has 1 heterocycles. The third-order valence-electron chi connectivity index (χ3n) is 5.21. The summed E-state index contributed by atoms with van der Waals surface area (Å²) in [4.78, 5) is 12.5. The minimum absolute atomic E-state index is 0.0557. The molecule has 2 amide bonds. The largest absolute Gasteiger partial charge is 0.334 e. The molecule has 1 aliphatic carbocycles. The monoisotopic (exact) mass is 428 g/mol. The van der Waals surface area contributed by atoms with Crippen molar-refractivity contribution in [3.05, 3.63) is 34.3 Å². The number of carbonyl (C=O) groups is 1. The van der Waals surface area contributed by atoms with E-state index in [-0.39, 0.29) is 29.1 Å². The number of amides is 2. The molecule has 7 heteroatoms. The number of carbonyl (C=O) groups excluding carboxylic acids is 1. The van der Waals surface area contributed by atoms with Crippen molar-refractivity contribution in [1.29, 1.82) is 0 Å². The fraction of sp³-hybridized carbons (Fsp3) is 0.611. The topological polar surface area (TPSA) is 75.3 Å². The lowest BCUT2D eigenvalue weighted by atomic mass is 9.77.